The number of nitrogens with two attached hydrogens (primary N) is 1. The van der Waals surface area contributed by atoms with Crippen LogP contribution in [0.3, 0.4) is 0 Å². The molecule has 1 aliphatic rings. The fraction of sp³-hybridized carbons (Fsp3) is 0.333. The average Bonchev–Trinajstić information content (AvgIpc) is 2.57. The zero-order valence-electron chi connectivity index (χ0n) is 9.87. The molecular weight excluding hydrogens is 279 g/mol. The van der Waals surface area contributed by atoms with Crippen molar-refractivity contribution in [3.8, 4) is 0 Å². The van der Waals surface area contributed by atoms with Gasteiger partial charge in [-0.05, 0) is 37.6 Å². The van der Waals surface area contributed by atoms with E-state index in [1.807, 2.05) is 0 Å². The molecule has 0 atom stereocenters. The first-order valence-corrected chi connectivity index (χ1v) is 7.12. The molecule has 2 N–H and O–H groups in total. The van der Waals surface area contributed by atoms with E-state index in [1.165, 1.54) is 6.07 Å². The number of sulfone groups is 1. The van der Waals surface area contributed by atoms with Crippen LogP contribution in [-0.2, 0) is 16.0 Å². The largest absolute Gasteiger partial charge is 0.417 e. The smallest absolute Gasteiger partial charge is 0.330 e. The molecule has 1 aromatic carbocycles. The van der Waals surface area contributed by atoms with Crippen LogP contribution in [0.25, 0.3) is 6.08 Å². The third-order valence-corrected chi connectivity index (χ3v) is 4.89. The third-order valence-electron chi connectivity index (χ3n) is 2.94. The van der Waals surface area contributed by atoms with Gasteiger partial charge in [-0.2, -0.15) is 13.2 Å². The summed E-state index contributed by atoms with van der Waals surface area (Å²) in [5.41, 5.74) is 4.12. The van der Waals surface area contributed by atoms with Gasteiger partial charge in [0, 0.05) is 10.5 Å². The maximum absolute atomic E-state index is 12.8. The van der Waals surface area contributed by atoms with Gasteiger partial charge in [0.1, 0.15) is 0 Å². The zero-order chi connectivity index (χ0) is 14.3. The van der Waals surface area contributed by atoms with Crippen molar-refractivity contribution in [2.24, 2.45) is 5.73 Å². The van der Waals surface area contributed by atoms with Crippen molar-refractivity contribution in [3.05, 3.63) is 34.2 Å². The van der Waals surface area contributed by atoms with Crippen LogP contribution in [-0.4, -0.2) is 15.0 Å². The first-order chi connectivity index (χ1) is 8.78. The minimum Gasteiger partial charge on any atom is -0.330 e. The van der Waals surface area contributed by atoms with Crippen LogP contribution in [0.4, 0.5) is 13.2 Å². The molecular formula is C12H12F3NO2S. The summed E-state index contributed by atoms with van der Waals surface area (Å²) in [4.78, 5) is -0.265. The molecule has 104 valence electrons. The maximum Gasteiger partial charge on any atom is 0.417 e. The maximum atomic E-state index is 12.8. The molecule has 7 heteroatoms. The highest BCUT2D eigenvalue weighted by atomic mass is 32.2. The summed E-state index contributed by atoms with van der Waals surface area (Å²) in [5, 5.41) is 0. The van der Waals surface area contributed by atoms with Crippen molar-refractivity contribution in [3.63, 3.8) is 0 Å². The van der Waals surface area contributed by atoms with Gasteiger partial charge in [0.05, 0.1) is 10.5 Å². The fourth-order valence-electron chi connectivity index (χ4n) is 2.04. The van der Waals surface area contributed by atoms with Crippen LogP contribution in [0, 0.1) is 0 Å². The van der Waals surface area contributed by atoms with E-state index in [2.05, 4.69) is 0 Å². The molecule has 1 aliphatic heterocycles. The summed E-state index contributed by atoms with van der Waals surface area (Å²) in [5.74, 6) is 0. The Morgan fingerprint density at radius 1 is 1.21 bits per heavy atom. The molecule has 0 bridgehead atoms. The van der Waals surface area contributed by atoms with Crippen molar-refractivity contribution in [2.75, 3.05) is 6.54 Å². The number of hydrogen-bond donors (Lipinski definition) is 1. The van der Waals surface area contributed by atoms with Crippen molar-refractivity contribution in [2.45, 2.75) is 23.9 Å². The first kappa shape index (κ1) is 14.1. The topological polar surface area (TPSA) is 60.2 Å². The fourth-order valence-corrected chi connectivity index (χ4v) is 3.72. The van der Waals surface area contributed by atoms with Gasteiger partial charge in [0.2, 0.25) is 9.84 Å². The van der Waals surface area contributed by atoms with Crippen molar-refractivity contribution in [1.82, 2.24) is 0 Å². The van der Waals surface area contributed by atoms with Crippen LogP contribution in [0.1, 0.15) is 24.0 Å². The summed E-state index contributed by atoms with van der Waals surface area (Å²) >= 11 is 0. The van der Waals surface area contributed by atoms with Crippen LogP contribution >= 0.6 is 0 Å². The molecule has 1 heterocycles. The summed E-state index contributed by atoms with van der Waals surface area (Å²) in [6.45, 7) is 0.287. The second kappa shape index (κ2) is 4.64. The Hall–Kier alpha value is -1.34. The normalized spacial score (nSPS) is 17.2. The highest BCUT2D eigenvalue weighted by Crippen LogP contribution is 2.42. The Labute approximate surface area is 108 Å². The highest BCUT2D eigenvalue weighted by Gasteiger charge is 2.39. The van der Waals surface area contributed by atoms with Gasteiger partial charge in [-0.25, -0.2) is 8.42 Å². The minimum absolute atomic E-state index is 0.00431. The molecule has 0 aromatic heterocycles. The molecule has 19 heavy (non-hydrogen) atoms. The monoisotopic (exact) mass is 291 g/mol. The van der Waals surface area contributed by atoms with Gasteiger partial charge in [0.15, 0.2) is 0 Å². The van der Waals surface area contributed by atoms with E-state index in [0.29, 0.717) is 6.42 Å². The number of hydrogen-bond acceptors (Lipinski definition) is 3. The highest BCUT2D eigenvalue weighted by molar-refractivity contribution is 7.95. The molecule has 0 saturated heterocycles. The summed E-state index contributed by atoms with van der Waals surface area (Å²) in [7, 11) is -3.80. The minimum atomic E-state index is -4.57. The number of allylic oxidation sites excluding steroid dienone is 1. The van der Waals surface area contributed by atoms with Crippen LogP contribution in [0.15, 0.2) is 28.0 Å². The molecule has 0 fully saturated rings. The predicted molar refractivity (Wildman–Crippen MR) is 64.9 cm³/mol. The lowest BCUT2D eigenvalue weighted by molar-refractivity contribution is -0.137. The summed E-state index contributed by atoms with van der Waals surface area (Å²) < 4.78 is 62.7. The van der Waals surface area contributed by atoms with E-state index in [9.17, 15) is 21.6 Å². The lowest BCUT2D eigenvalue weighted by Crippen LogP contribution is -2.09. The van der Waals surface area contributed by atoms with E-state index in [-0.39, 0.29) is 28.3 Å². The van der Waals surface area contributed by atoms with Crippen molar-refractivity contribution < 1.29 is 21.6 Å². The van der Waals surface area contributed by atoms with Gasteiger partial charge in [-0.15, -0.1) is 0 Å². The molecule has 2 rings (SSSR count). The van der Waals surface area contributed by atoms with Gasteiger partial charge >= 0.3 is 6.18 Å². The number of benzene rings is 1. The number of halogens is 3. The SMILES string of the molecule is NCCCC1=Cc2c(C(F)(F)F)cccc2S1(=O)=O. The van der Waals surface area contributed by atoms with E-state index < -0.39 is 21.6 Å². The summed E-state index contributed by atoms with van der Waals surface area (Å²) in [6.07, 6.45) is -2.88. The van der Waals surface area contributed by atoms with E-state index >= 15 is 0 Å². The second-order valence-electron chi connectivity index (χ2n) is 4.22. The predicted octanol–water partition coefficient (Wildman–Crippen LogP) is 2.57. The number of rotatable bonds is 3. The van der Waals surface area contributed by atoms with Gasteiger partial charge in [-0.3, -0.25) is 0 Å². The molecule has 3 nitrogen and oxygen atoms in total. The van der Waals surface area contributed by atoms with E-state index in [1.54, 1.807) is 0 Å². The second-order valence-corrected chi connectivity index (χ2v) is 6.19. The Balaban J connectivity index is 2.58. The Morgan fingerprint density at radius 3 is 2.47 bits per heavy atom. The average molecular weight is 291 g/mol. The van der Waals surface area contributed by atoms with Crippen LogP contribution in [0.2, 0.25) is 0 Å². The standard InChI is InChI=1S/C12H12F3NO2S/c13-12(14,15)10-4-1-5-11-9(10)7-8(3-2-6-16)19(11,17)18/h1,4-5,7H,2-3,6,16H2. The lowest BCUT2D eigenvalue weighted by Gasteiger charge is -2.10. The molecule has 0 unspecified atom stereocenters. The molecule has 0 amide bonds. The van der Waals surface area contributed by atoms with Crippen LogP contribution in [0.5, 0.6) is 0 Å². The molecule has 0 aliphatic carbocycles. The van der Waals surface area contributed by atoms with Crippen LogP contribution < -0.4 is 5.73 Å². The van der Waals surface area contributed by atoms with Gasteiger partial charge in [-0.1, -0.05) is 6.07 Å². The lowest BCUT2D eigenvalue weighted by atomic mass is 10.1. The van der Waals surface area contributed by atoms with E-state index in [0.717, 1.165) is 18.2 Å². The number of alkyl halides is 3. The molecule has 0 saturated carbocycles. The molecule has 1 aromatic rings. The Bertz CT molecular complexity index is 633. The van der Waals surface area contributed by atoms with Gasteiger partial charge in [0.25, 0.3) is 0 Å². The Kier molecular flexibility index (Phi) is 3.44. The zero-order valence-corrected chi connectivity index (χ0v) is 10.7. The first-order valence-electron chi connectivity index (χ1n) is 5.64. The molecule has 0 radical (unpaired) electrons. The quantitative estimate of drug-likeness (QED) is 0.931. The van der Waals surface area contributed by atoms with Crippen molar-refractivity contribution >= 4 is 15.9 Å². The molecule has 0 spiro atoms. The van der Waals surface area contributed by atoms with E-state index in [4.69, 9.17) is 5.73 Å². The van der Waals surface area contributed by atoms with Gasteiger partial charge < -0.3 is 5.73 Å². The number of fused-ring (bicyclic) bond motifs is 1. The third kappa shape index (κ3) is 2.40. The van der Waals surface area contributed by atoms with Crippen molar-refractivity contribution in [1.29, 1.82) is 0 Å². The summed E-state index contributed by atoms with van der Waals surface area (Å²) in [6, 6.07) is 3.20. The Morgan fingerprint density at radius 2 is 1.89 bits per heavy atom.